The molecule has 7 heteroatoms. The minimum Gasteiger partial charge on any atom is -0.506 e. The van der Waals surface area contributed by atoms with Gasteiger partial charge in [0.15, 0.2) is 0 Å². The first-order chi connectivity index (χ1) is 13.0. The van der Waals surface area contributed by atoms with Gasteiger partial charge in [0.25, 0.3) is 0 Å². The van der Waals surface area contributed by atoms with Crippen LogP contribution < -0.4 is 20.1 Å². The Morgan fingerprint density at radius 1 is 1.19 bits per heavy atom. The van der Waals surface area contributed by atoms with Crippen LogP contribution >= 0.6 is 0 Å². The predicted octanol–water partition coefficient (Wildman–Crippen LogP) is 2.03. The van der Waals surface area contributed by atoms with Crippen LogP contribution in [0.4, 0.5) is 5.69 Å². The molecule has 0 bridgehead atoms. The minimum atomic E-state index is -0.741. The molecule has 1 aliphatic rings. The maximum Gasteiger partial charge on any atom is 0.224 e. The number of ether oxygens (including phenoxy) is 2. The van der Waals surface area contributed by atoms with E-state index in [1.165, 1.54) is 6.07 Å². The summed E-state index contributed by atoms with van der Waals surface area (Å²) in [6, 6.07) is 12.6. The lowest BCUT2D eigenvalue weighted by molar-refractivity contribution is -0.116. The molecule has 0 fully saturated rings. The third kappa shape index (κ3) is 5.12. The van der Waals surface area contributed by atoms with E-state index in [2.05, 4.69) is 10.6 Å². The summed E-state index contributed by atoms with van der Waals surface area (Å²) in [5, 5.41) is 25.8. The number of benzene rings is 2. The second kappa shape index (κ2) is 8.75. The van der Waals surface area contributed by atoms with Gasteiger partial charge in [-0.25, -0.2) is 0 Å². The van der Waals surface area contributed by atoms with Crippen LogP contribution in [0, 0.1) is 0 Å². The zero-order valence-electron chi connectivity index (χ0n) is 15.1. The van der Waals surface area contributed by atoms with Crippen LogP contribution in [0.5, 0.6) is 17.2 Å². The summed E-state index contributed by atoms with van der Waals surface area (Å²) in [6.07, 6.45) is -0.180. The number of rotatable bonds is 8. The number of anilines is 1. The molecule has 0 aliphatic carbocycles. The number of para-hydroxylation sites is 1. The monoisotopic (exact) mass is 372 g/mol. The van der Waals surface area contributed by atoms with Crippen LogP contribution in [0.3, 0.4) is 0 Å². The molecule has 0 saturated carbocycles. The van der Waals surface area contributed by atoms with Crippen LogP contribution in [0.15, 0.2) is 42.5 Å². The van der Waals surface area contributed by atoms with Crippen LogP contribution in [-0.2, 0) is 11.2 Å². The van der Waals surface area contributed by atoms with Gasteiger partial charge in [-0.15, -0.1) is 0 Å². The fourth-order valence-corrected chi connectivity index (χ4v) is 2.87. The number of aliphatic hydroxyl groups is 1. The Morgan fingerprint density at radius 3 is 2.74 bits per heavy atom. The third-order valence-corrected chi connectivity index (χ3v) is 4.24. The molecule has 3 rings (SSSR count). The number of aromatic hydroxyl groups is 1. The molecule has 1 amide bonds. The van der Waals surface area contributed by atoms with Gasteiger partial charge in [-0.1, -0.05) is 18.2 Å². The van der Waals surface area contributed by atoms with Crippen molar-refractivity contribution in [3.05, 3.63) is 48.0 Å². The zero-order chi connectivity index (χ0) is 19.2. The third-order valence-electron chi connectivity index (χ3n) is 4.24. The predicted molar refractivity (Wildman–Crippen MR) is 101 cm³/mol. The fraction of sp³-hybridized carbons (Fsp3) is 0.350. The lowest BCUT2D eigenvalue weighted by atomic mass is 10.0. The SMILES string of the molecule is CC(NCC(O)COc1ccc(O)c2c1CCC(=O)N2)Oc1ccccc1. The molecular weight excluding hydrogens is 348 g/mol. The summed E-state index contributed by atoms with van der Waals surface area (Å²) in [7, 11) is 0. The van der Waals surface area contributed by atoms with Gasteiger partial charge < -0.3 is 25.0 Å². The summed E-state index contributed by atoms with van der Waals surface area (Å²) in [5.74, 6) is 1.18. The van der Waals surface area contributed by atoms with Gasteiger partial charge in [0.05, 0.1) is 5.69 Å². The van der Waals surface area contributed by atoms with Crippen LogP contribution in [0.25, 0.3) is 0 Å². The molecule has 2 unspecified atom stereocenters. The van der Waals surface area contributed by atoms with Crippen molar-refractivity contribution >= 4 is 11.6 Å². The highest BCUT2D eigenvalue weighted by Gasteiger charge is 2.22. The second-order valence-electron chi connectivity index (χ2n) is 6.43. The highest BCUT2D eigenvalue weighted by Crippen LogP contribution is 2.38. The van der Waals surface area contributed by atoms with Gasteiger partial charge in [0, 0.05) is 18.5 Å². The van der Waals surface area contributed by atoms with E-state index in [4.69, 9.17) is 9.47 Å². The lowest BCUT2D eigenvalue weighted by Crippen LogP contribution is -2.39. The Labute approximate surface area is 157 Å². The first kappa shape index (κ1) is 19.0. The maximum atomic E-state index is 11.5. The Bertz CT molecular complexity index is 781. The number of amides is 1. The molecule has 27 heavy (non-hydrogen) atoms. The molecule has 4 N–H and O–H groups in total. The van der Waals surface area contributed by atoms with Crippen molar-refractivity contribution in [2.24, 2.45) is 0 Å². The first-order valence-corrected chi connectivity index (χ1v) is 8.93. The lowest BCUT2D eigenvalue weighted by Gasteiger charge is -2.22. The summed E-state index contributed by atoms with van der Waals surface area (Å²) < 4.78 is 11.4. The number of nitrogens with one attached hydrogen (secondary N) is 2. The molecule has 0 spiro atoms. The molecule has 2 aromatic rings. The highest BCUT2D eigenvalue weighted by atomic mass is 16.5. The van der Waals surface area contributed by atoms with Crippen molar-refractivity contribution in [1.29, 1.82) is 0 Å². The molecule has 2 aromatic carbocycles. The van der Waals surface area contributed by atoms with Gasteiger partial charge >= 0.3 is 0 Å². The molecular formula is C20H24N2O5. The smallest absolute Gasteiger partial charge is 0.224 e. The largest absolute Gasteiger partial charge is 0.506 e. The van der Waals surface area contributed by atoms with Crippen molar-refractivity contribution in [3.8, 4) is 17.2 Å². The van der Waals surface area contributed by atoms with E-state index in [1.807, 2.05) is 37.3 Å². The van der Waals surface area contributed by atoms with E-state index in [9.17, 15) is 15.0 Å². The van der Waals surface area contributed by atoms with Crippen molar-refractivity contribution in [2.75, 3.05) is 18.5 Å². The Kier molecular flexibility index (Phi) is 6.16. The Morgan fingerprint density at radius 2 is 1.96 bits per heavy atom. The van der Waals surface area contributed by atoms with Gasteiger partial charge in [0.1, 0.15) is 36.2 Å². The fourth-order valence-electron chi connectivity index (χ4n) is 2.87. The number of hydrogen-bond donors (Lipinski definition) is 4. The molecule has 0 aromatic heterocycles. The number of hydrogen-bond acceptors (Lipinski definition) is 6. The number of phenols is 1. The normalized spacial score (nSPS) is 15.4. The van der Waals surface area contributed by atoms with E-state index in [0.29, 0.717) is 30.8 Å². The minimum absolute atomic E-state index is 0.0134. The number of carbonyl (C=O) groups excluding carboxylic acids is 1. The van der Waals surface area contributed by atoms with Crippen molar-refractivity contribution < 1.29 is 24.5 Å². The van der Waals surface area contributed by atoms with Crippen molar-refractivity contribution in [1.82, 2.24) is 5.32 Å². The second-order valence-corrected chi connectivity index (χ2v) is 6.43. The van der Waals surface area contributed by atoms with Crippen molar-refractivity contribution in [2.45, 2.75) is 32.1 Å². The number of fused-ring (bicyclic) bond motifs is 1. The molecule has 7 nitrogen and oxygen atoms in total. The van der Waals surface area contributed by atoms with E-state index in [-0.39, 0.29) is 24.5 Å². The standard InChI is InChI=1S/C20H24N2O5/c1-13(27-15-5-3-2-4-6-15)21-11-14(23)12-26-18-9-8-17(24)20-16(18)7-10-19(25)22-20/h2-6,8-9,13-14,21,23-24H,7,10-12H2,1H3,(H,22,25). The Balaban J connectivity index is 1.49. The molecule has 144 valence electrons. The molecule has 0 saturated heterocycles. The number of aliphatic hydroxyl groups excluding tert-OH is 1. The van der Waals surface area contributed by atoms with E-state index in [1.54, 1.807) is 6.07 Å². The molecule has 1 heterocycles. The van der Waals surface area contributed by atoms with Crippen LogP contribution in [-0.4, -0.2) is 41.6 Å². The van der Waals surface area contributed by atoms with E-state index < -0.39 is 6.10 Å². The summed E-state index contributed by atoms with van der Waals surface area (Å²) >= 11 is 0. The van der Waals surface area contributed by atoms with E-state index in [0.717, 1.165) is 11.3 Å². The molecule has 0 radical (unpaired) electrons. The Hall–Kier alpha value is -2.77. The molecule has 1 aliphatic heterocycles. The average molecular weight is 372 g/mol. The zero-order valence-corrected chi connectivity index (χ0v) is 15.1. The topological polar surface area (TPSA) is 100 Å². The average Bonchev–Trinajstić information content (AvgIpc) is 2.67. The highest BCUT2D eigenvalue weighted by molar-refractivity contribution is 5.96. The first-order valence-electron chi connectivity index (χ1n) is 8.93. The van der Waals surface area contributed by atoms with Gasteiger partial charge in [-0.2, -0.15) is 0 Å². The summed E-state index contributed by atoms with van der Waals surface area (Å²) in [4.78, 5) is 11.5. The molecule has 2 atom stereocenters. The van der Waals surface area contributed by atoms with Gasteiger partial charge in [-0.05, 0) is 37.6 Å². The van der Waals surface area contributed by atoms with Gasteiger partial charge in [0.2, 0.25) is 5.91 Å². The van der Waals surface area contributed by atoms with Gasteiger partial charge in [-0.3, -0.25) is 10.1 Å². The maximum absolute atomic E-state index is 11.5. The van der Waals surface area contributed by atoms with E-state index >= 15 is 0 Å². The van der Waals surface area contributed by atoms with Crippen LogP contribution in [0.1, 0.15) is 18.9 Å². The number of phenolic OH excluding ortho intramolecular Hbond substituents is 1. The number of carbonyl (C=O) groups is 1. The quantitative estimate of drug-likeness (QED) is 0.418. The van der Waals surface area contributed by atoms with Crippen LogP contribution in [0.2, 0.25) is 0 Å². The van der Waals surface area contributed by atoms with Crippen molar-refractivity contribution in [3.63, 3.8) is 0 Å². The summed E-state index contributed by atoms with van der Waals surface area (Å²) in [6.45, 7) is 2.24. The summed E-state index contributed by atoms with van der Waals surface area (Å²) in [5.41, 5.74) is 1.14.